The Bertz CT molecular complexity index is 1040. The minimum Gasteiger partial charge on any atom is -0.385 e. The van der Waals surface area contributed by atoms with Crippen LogP contribution in [0, 0.1) is 0 Å². The van der Waals surface area contributed by atoms with E-state index in [2.05, 4.69) is 47.9 Å². The van der Waals surface area contributed by atoms with Crippen LogP contribution in [-0.2, 0) is 0 Å². The van der Waals surface area contributed by atoms with Crippen LogP contribution in [-0.4, -0.2) is 11.5 Å². The maximum absolute atomic E-state index is 6.16. The first-order chi connectivity index (χ1) is 12.2. The third-order valence-corrected chi connectivity index (χ3v) is 4.41. The van der Waals surface area contributed by atoms with E-state index in [0.717, 1.165) is 45.4 Å². The molecule has 25 heavy (non-hydrogen) atoms. The lowest BCUT2D eigenvalue weighted by atomic mass is 10.1. The minimum atomic E-state index is 0.691. The summed E-state index contributed by atoms with van der Waals surface area (Å²) >= 11 is 6.16. The predicted molar refractivity (Wildman–Crippen MR) is 108 cm³/mol. The molecule has 2 N–H and O–H groups in total. The molecule has 0 aliphatic carbocycles. The lowest BCUT2D eigenvalue weighted by molar-refractivity contribution is 1.21. The van der Waals surface area contributed by atoms with Crippen molar-refractivity contribution in [3.63, 3.8) is 0 Å². The molecule has 0 fully saturated rings. The van der Waals surface area contributed by atoms with Crippen LogP contribution in [0.2, 0.25) is 5.02 Å². The second-order valence-electron chi connectivity index (χ2n) is 5.90. The van der Waals surface area contributed by atoms with Gasteiger partial charge >= 0.3 is 0 Å². The van der Waals surface area contributed by atoms with Crippen LogP contribution in [0.3, 0.4) is 0 Å². The predicted octanol–water partition coefficient (Wildman–Crippen LogP) is 6.22. The van der Waals surface area contributed by atoms with Gasteiger partial charge in [-0.3, -0.25) is 0 Å². The van der Waals surface area contributed by atoms with Gasteiger partial charge in [-0.2, -0.15) is 0 Å². The fraction of sp³-hybridized carbons (Fsp3) is 0.0952. The Morgan fingerprint density at radius 2 is 1.56 bits per heavy atom. The molecule has 3 aromatic carbocycles. The van der Waals surface area contributed by atoms with Gasteiger partial charge < -0.3 is 10.6 Å². The maximum Gasteiger partial charge on any atom is 0.0745 e. The van der Waals surface area contributed by atoms with Crippen LogP contribution in [0.4, 0.5) is 17.1 Å². The zero-order chi connectivity index (χ0) is 17.2. The SMILES string of the molecule is CCNc1ccc(Nc2c3ccccc3nc3cc(Cl)ccc23)cc1. The average molecular weight is 348 g/mol. The zero-order valence-electron chi connectivity index (χ0n) is 13.9. The Morgan fingerprint density at radius 1 is 0.840 bits per heavy atom. The van der Waals surface area contributed by atoms with Crippen molar-refractivity contribution in [2.24, 2.45) is 0 Å². The van der Waals surface area contributed by atoms with E-state index in [1.165, 1.54) is 0 Å². The second-order valence-corrected chi connectivity index (χ2v) is 6.33. The lowest BCUT2D eigenvalue weighted by Crippen LogP contribution is -1.98. The molecule has 0 saturated heterocycles. The molecule has 0 unspecified atom stereocenters. The summed E-state index contributed by atoms with van der Waals surface area (Å²) in [6, 6.07) is 22.3. The minimum absolute atomic E-state index is 0.691. The number of rotatable bonds is 4. The Hall–Kier alpha value is -2.78. The summed E-state index contributed by atoms with van der Waals surface area (Å²) < 4.78 is 0. The van der Waals surface area contributed by atoms with E-state index in [9.17, 15) is 0 Å². The fourth-order valence-electron chi connectivity index (χ4n) is 3.02. The van der Waals surface area contributed by atoms with Crippen LogP contribution in [0.5, 0.6) is 0 Å². The molecule has 3 nitrogen and oxygen atoms in total. The molecular weight excluding hydrogens is 330 g/mol. The highest BCUT2D eigenvalue weighted by Gasteiger charge is 2.09. The van der Waals surface area contributed by atoms with Gasteiger partial charge in [-0.1, -0.05) is 29.8 Å². The van der Waals surface area contributed by atoms with Crippen molar-refractivity contribution in [2.45, 2.75) is 6.92 Å². The van der Waals surface area contributed by atoms with E-state index in [4.69, 9.17) is 16.6 Å². The summed E-state index contributed by atoms with van der Waals surface area (Å²) in [7, 11) is 0. The Morgan fingerprint density at radius 3 is 2.36 bits per heavy atom. The second kappa shape index (κ2) is 6.61. The molecule has 0 aliphatic rings. The molecule has 1 heterocycles. The Balaban J connectivity index is 1.85. The van der Waals surface area contributed by atoms with Crippen LogP contribution in [0.1, 0.15) is 6.92 Å². The number of fused-ring (bicyclic) bond motifs is 2. The van der Waals surface area contributed by atoms with Gasteiger partial charge in [0.05, 0.1) is 16.7 Å². The summed E-state index contributed by atoms with van der Waals surface area (Å²) in [5.74, 6) is 0. The smallest absolute Gasteiger partial charge is 0.0745 e. The van der Waals surface area contributed by atoms with Crippen molar-refractivity contribution in [3.8, 4) is 0 Å². The first-order valence-corrected chi connectivity index (χ1v) is 8.71. The molecule has 0 saturated carbocycles. The van der Waals surface area contributed by atoms with Crippen molar-refractivity contribution in [2.75, 3.05) is 17.2 Å². The number of halogens is 1. The highest BCUT2D eigenvalue weighted by Crippen LogP contribution is 2.34. The summed E-state index contributed by atoms with van der Waals surface area (Å²) in [4.78, 5) is 4.74. The number of para-hydroxylation sites is 1. The monoisotopic (exact) mass is 347 g/mol. The van der Waals surface area contributed by atoms with Gasteiger partial charge in [-0.05, 0) is 55.5 Å². The topological polar surface area (TPSA) is 37.0 Å². The molecule has 4 rings (SSSR count). The van der Waals surface area contributed by atoms with E-state index in [-0.39, 0.29) is 0 Å². The lowest BCUT2D eigenvalue weighted by Gasteiger charge is -2.14. The summed E-state index contributed by atoms with van der Waals surface area (Å²) in [5, 5.41) is 9.72. The van der Waals surface area contributed by atoms with Crippen molar-refractivity contribution in [1.29, 1.82) is 0 Å². The van der Waals surface area contributed by atoms with E-state index in [0.29, 0.717) is 5.02 Å². The van der Waals surface area contributed by atoms with Crippen LogP contribution in [0.25, 0.3) is 21.8 Å². The highest BCUT2D eigenvalue weighted by molar-refractivity contribution is 6.31. The first kappa shape index (κ1) is 15.7. The number of nitrogens with one attached hydrogen (secondary N) is 2. The normalized spacial score (nSPS) is 11.0. The van der Waals surface area contributed by atoms with Crippen molar-refractivity contribution in [1.82, 2.24) is 4.98 Å². The molecule has 0 aliphatic heterocycles. The summed E-state index contributed by atoms with van der Waals surface area (Å²) in [6.07, 6.45) is 0. The fourth-order valence-corrected chi connectivity index (χ4v) is 3.19. The third kappa shape index (κ3) is 3.11. The zero-order valence-corrected chi connectivity index (χ0v) is 14.6. The summed E-state index contributed by atoms with van der Waals surface area (Å²) in [6.45, 7) is 3.00. The molecule has 0 bridgehead atoms. The number of benzene rings is 3. The van der Waals surface area contributed by atoms with E-state index in [1.807, 2.05) is 36.4 Å². The van der Waals surface area contributed by atoms with Gasteiger partial charge in [-0.25, -0.2) is 4.98 Å². The number of anilines is 3. The van der Waals surface area contributed by atoms with Crippen LogP contribution < -0.4 is 10.6 Å². The van der Waals surface area contributed by atoms with Gasteiger partial charge in [0, 0.05) is 33.7 Å². The standard InChI is InChI=1S/C21H18ClN3/c1-2-23-15-8-10-16(11-9-15)24-21-17-5-3-4-6-19(17)25-20-13-14(22)7-12-18(20)21/h3-13,23H,2H2,1H3,(H,24,25). The van der Waals surface area contributed by atoms with Crippen molar-refractivity contribution in [3.05, 3.63) is 71.8 Å². The quantitative estimate of drug-likeness (QED) is 0.430. The molecule has 4 heteroatoms. The van der Waals surface area contributed by atoms with Gasteiger partial charge in [0.15, 0.2) is 0 Å². The Labute approximate surface area is 151 Å². The first-order valence-electron chi connectivity index (χ1n) is 8.33. The number of hydrogen-bond acceptors (Lipinski definition) is 3. The Kier molecular flexibility index (Phi) is 4.16. The number of aromatic nitrogens is 1. The van der Waals surface area contributed by atoms with Gasteiger partial charge in [-0.15, -0.1) is 0 Å². The molecule has 0 amide bonds. The third-order valence-electron chi connectivity index (χ3n) is 4.18. The number of pyridine rings is 1. The molecule has 0 spiro atoms. The number of hydrogen-bond donors (Lipinski definition) is 2. The molecule has 0 radical (unpaired) electrons. The molecule has 124 valence electrons. The van der Waals surface area contributed by atoms with Gasteiger partial charge in [0.2, 0.25) is 0 Å². The van der Waals surface area contributed by atoms with E-state index >= 15 is 0 Å². The molecular formula is C21H18ClN3. The molecule has 4 aromatic rings. The maximum atomic E-state index is 6.16. The van der Waals surface area contributed by atoms with Crippen molar-refractivity contribution >= 4 is 50.5 Å². The molecule has 1 aromatic heterocycles. The van der Waals surface area contributed by atoms with Gasteiger partial charge in [0.25, 0.3) is 0 Å². The van der Waals surface area contributed by atoms with Gasteiger partial charge in [0.1, 0.15) is 0 Å². The van der Waals surface area contributed by atoms with E-state index < -0.39 is 0 Å². The molecule has 0 atom stereocenters. The van der Waals surface area contributed by atoms with E-state index in [1.54, 1.807) is 0 Å². The van der Waals surface area contributed by atoms with Crippen LogP contribution in [0.15, 0.2) is 66.7 Å². The van der Waals surface area contributed by atoms with Crippen molar-refractivity contribution < 1.29 is 0 Å². The highest BCUT2D eigenvalue weighted by atomic mass is 35.5. The average Bonchev–Trinajstić information content (AvgIpc) is 2.63. The number of nitrogens with zero attached hydrogens (tertiary/aromatic N) is 1. The largest absolute Gasteiger partial charge is 0.385 e. The summed E-state index contributed by atoms with van der Waals surface area (Å²) in [5.41, 5.74) is 5.04. The van der Waals surface area contributed by atoms with Crippen LogP contribution >= 0.6 is 11.6 Å².